The highest BCUT2D eigenvalue weighted by Gasteiger charge is 2.26. The van der Waals surface area contributed by atoms with Crippen LogP contribution >= 0.6 is 11.3 Å². The van der Waals surface area contributed by atoms with Gasteiger partial charge in [-0.05, 0) is 42.2 Å². The van der Waals surface area contributed by atoms with Gasteiger partial charge in [0.2, 0.25) is 5.91 Å². The zero-order valence-electron chi connectivity index (χ0n) is 19.6. The number of hydrogen-bond donors (Lipinski definition) is 2. The van der Waals surface area contributed by atoms with Crippen molar-refractivity contribution in [2.75, 3.05) is 20.2 Å². The third-order valence-corrected chi connectivity index (χ3v) is 7.59. The normalized spacial score (nSPS) is 14.3. The van der Waals surface area contributed by atoms with Crippen LogP contribution in [0, 0.1) is 0 Å². The second-order valence-corrected chi connectivity index (χ2v) is 9.68. The lowest BCUT2D eigenvalue weighted by Crippen LogP contribution is -2.38. The average molecular weight is 489 g/mol. The summed E-state index contributed by atoms with van der Waals surface area (Å²) in [5, 5.41) is 6.84. The molecule has 0 unspecified atom stereocenters. The highest BCUT2D eigenvalue weighted by atomic mass is 32.1. The van der Waals surface area contributed by atoms with Gasteiger partial charge in [0.1, 0.15) is 11.4 Å². The summed E-state index contributed by atoms with van der Waals surface area (Å²) in [6.07, 6.45) is 4.07. The van der Waals surface area contributed by atoms with E-state index >= 15 is 0 Å². The van der Waals surface area contributed by atoms with Crippen LogP contribution in [0.15, 0.2) is 60.1 Å². The van der Waals surface area contributed by atoms with Gasteiger partial charge >= 0.3 is 0 Å². The van der Waals surface area contributed by atoms with Crippen LogP contribution in [0.2, 0.25) is 0 Å². The first-order valence-corrected chi connectivity index (χ1v) is 12.7. The van der Waals surface area contributed by atoms with Crippen molar-refractivity contribution in [3.05, 3.63) is 81.9 Å². The number of hydrogen-bond acceptors (Lipinski definition) is 5. The van der Waals surface area contributed by atoms with Gasteiger partial charge < -0.3 is 19.9 Å². The van der Waals surface area contributed by atoms with Crippen LogP contribution in [0.5, 0.6) is 5.75 Å². The number of para-hydroxylation sites is 1. The molecule has 2 aromatic heterocycles. The Morgan fingerprint density at radius 1 is 1.14 bits per heavy atom. The smallest absolute Gasteiger partial charge is 0.271 e. The Hall–Kier alpha value is -3.65. The Morgan fingerprint density at radius 3 is 2.69 bits per heavy atom. The van der Waals surface area contributed by atoms with E-state index in [-0.39, 0.29) is 17.7 Å². The maximum absolute atomic E-state index is 12.9. The molecule has 35 heavy (non-hydrogen) atoms. The molecule has 0 aliphatic carbocycles. The molecule has 1 aliphatic rings. The van der Waals surface area contributed by atoms with Gasteiger partial charge in [-0.15, -0.1) is 11.3 Å². The van der Waals surface area contributed by atoms with Crippen molar-refractivity contribution >= 4 is 34.1 Å². The molecule has 2 N–H and O–H groups in total. The number of aromatic nitrogens is 2. The van der Waals surface area contributed by atoms with Crippen LogP contribution in [0.4, 0.5) is 0 Å². The van der Waals surface area contributed by atoms with E-state index in [4.69, 9.17) is 4.74 Å². The minimum atomic E-state index is -0.172. The van der Waals surface area contributed by atoms with E-state index in [2.05, 4.69) is 15.3 Å². The highest BCUT2D eigenvalue weighted by molar-refractivity contribution is 7.09. The Bertz CT molecular complexity index is 1320. The lowest BCUT2D eigenvalue weighted by Gasteiger charge is -2.31. The number of nitrogens with one attached hydrogen (secondary N) is 2. The number of aromatic amines is 1. The minimum absolute atomic E-state index is 0.158. The Morgan fingerprint density at radius 2 is 1.91 bits per heavy atom. The Balaban J connectivity index is 1.12. The molecular weight excluding hydrogens is 460 g/mol. The summed E-state index contributed by atoms with van der Waals surface area (Å²) in [7, 11) is 1.63. The molecular formula is C27H28N4O3S. The van der Waals surface area contributed by atoms with Crippen molar-refractivity contribution in [3.8, 4) is 5.75 Å². The third-order valence-electron chi connectivity index (χ3n) is 6.58. The number of carbonyl (C=O) groups is 2. The van der Waals surface area contributed by atoms with Crippen molar-refractivity contribution < 1.29 is 14.3 Å². The fourth-order valence-electron chi connectivity index (χ4n) is 4.52. The maximum atomic E-state index is 12.9. The monoisotopic (exact) mass is 488 g/mol. The number of carbonyl (C=O) groups excluding carboxylic acids is 2. The number of amides is 2. The van der Waals surface area contributed by atoms with E-state index in [1.54, 1.807) is 7.11 Å². The van der Waals surface area contributed by atoms with Gasteiger partial charge in [0, 0.05) is 48.0 Å². The SMILES string of the molecule is COc1ccc(CNC(=O)c2csc(C3CCN(C(=O)Cc4c[nH]c5ccccc45)CC3)n2)cc1. The first-order valence-electron chi connectivity index (χ1n) is 11.8. The number of fused-ring (bicyclic) bond motifs is 1. The standard InChI is InChI=1S/C27H28N4O3S/c1-34-21-8-6-18(7-9-21)15-29-26(33)24-17-35-27(30-24)19-10-12-31(13-11-19)25(32)14-20-16-28-23-5-3-2-4-22(20)23/h2-9,16-17,19,28H,10-15H2,1H3,(H,29,33). The van der Waals surface area contributed by atoms with Crippen molar-refractivity contribution in [2.24, 2.45) is 0 Å². The zero-order valence-corrected chi connectivity index (χ0v) is 20.4. The molecule has 180 valence electrons. The van der Waals surface area contributed by atoms with Crippen molar-refractivity contribution in [2.45, 2.75) is 31.7 Å². The molecule has 1 aliphatic heterocycles. The number of methoxy groups -OCH3 is 1. The zero-order chi connectivity index (χ0) is 24.2. The third kappa shape index (κ3) is 5.22. The molecule has 7 nitrogen and oxygen atoms in total. The summed E-state index contributed by atoms with van der Waals surface area (Å²) in [5.41, 5.74) is 3.55. The predicted molar refractivity (Wildman–Crippen MR) is 137 cm³/mol. The molecule has 4 aromatic rings. The number of nitrogens with zero attached hydrogens (tertiary/aromatic N) is 2. The van der Waals surface area contributed by atoms with Crippen LogP contribution in [0.3, 0.4) is 0 Å². The van der Waals surface area contributed by atoms with E-state index in [0.717, 1.165) is 45.6 Å². The van der Waals surface area contributed by atoms with Crippen molar-refractivity contribution in [3.63, 3.8) is 0 Å². The van der Waals surface area contributed by atoms with Crippen LogP contribution in [0.25, 0.3) is 10.9 Å². The van der Waals surface area contributed by atoms with Gasteiger partial charge in [-0.1, -0.05) is 30.3 Å². The largest absolute Gasteiger partial charge is 0.497 e. The summed E-state index contributed by atoms with van der Waals surface area (Å²) < 4.78 is 5.16. The lowest BCUT2D eigenvalue weighted by atomic mass is 9.97. The predicted octanol–water partition coefficient (Wildman–Crippen LogP) is 4.51. The summed E-state index contributed by atoms with van der Waals surface area (Å²) in [5.74, 6) is 1.05. The average Bonchev–Trinajstić information content (AvgIpc) is 3.56. The number of H-pyrrole nitrogens is 1. The summed E-state index contributed by atoms with van der Waals surface area (Å²) >= 11 is 1.53. The number of rotatable bonds is 7. The highest BCUT2D eigenvalue weighted by Crippen LogP contribution is 2.31. The molecule has 0 saturated carbocycles. The Kier molecular flexibility index (Phi) is 6.81. The van der Waals surface area contributed by atoms with E-state index in [0.29, 0.717) is 31.7 Å². The number of likely N-dealkylation sites (tertiary alicyclic amines) is 1. The molecule has 0 bridgehead atoms. The topological polar surface area (TPSA) is 87.3 Å². The van der Waals surface area contributed by atoms with Gasteiger partial charge in [-0.25, -0.2) is 4.98 Å². The van der Waals surface area contributed by atoms with Crippen LogP contribution in [-0.2, 0) is 17.8 Å². The summed E-state index contributed by atoms with van der Waals surface area (Å²) in [6, 6.07) is 15.7. The fourth-order valence-corrected chi connectivity index (χ4v) is 5.50. The number of piperidine rings is 1. The van der Waals surface area contributed by atoms with Gasteiger partial charge in [-0.2, -0.15) is 0 Å². The molecule has 0 atom stereocenters. The molecule has 8 heteroatoms. The quantitative estimate of drug-likeness (QED) is 0.401. The number of ether oxygens (including phenoxy) is 1. The maximum Gasteiger partial charge on any atom is 0.271 e. The van der Waals surface area contributed by atoms with E-state index in [9.17, 15) is 9.59 Å². The van der Waals surface area contributed by atoms with E-state index in [1.165, 1.54) is 11.3 Å². The molecule has 2 amide bonds. The van der Waals surface area contributed by atoms with E-state index < -0.39 is 0 Å². The molecule has 0 spiro atoms. The van der Waals surface area contributed by atoms with E-state index in [1.807, 2.05) is 65.0 Å². The van der Waals surface area contributed by atoms with Gasteiger partial charge in [0.15, 0.2) is 0 Å². The lowest BCUT2D eigenvalue weighted by molar-refractivity contribution is -0.131. The van der Waals surface area contributed by atoms with Gasteiger partial charge in [0.05, 0.1) is 18.5 Å². The number of thiazole rings is 1. The second kappa shape index (κ2) is 10.3. The van der Waals surface area contributed by atoms with Crippen molar-refractivity contribution in [1.29, 1.82) is 0 Å². The molecule has 0 radical (unpaired) electrons. The first-order chi connectivity index (χ1) is 17.1. The van der Waals surface area contributed by atoms with Gasteiger partial charge in [-0.3, -0.25) is 9.59 Å². The summed E-state index contributed by atoms with van der Waals surface area (Å²) in [4.78, 5) is 35.3. The van der Waals surface area contributed by atoms with Crippen molar-refractivity contribution in [1.82, 2.24) is 20.2 Å². The van der Waals surface area contributed by atoms with Crippen LogP contribution < -0.4 is 10.1 Å². The number of benzene rings is 2. The summed E-state index contributed by atoms with van der Waals surface area (Å²) in [6.45, 7) is 1.86. The van der Waals surface area contributed by atoms with Crippen LogP contribution in [0.1, 0.15) is 45.4 Å². The Labute approximate surface area is 208 Å². The second-order valence-electron chi connectivity index (χ2n) is 8.79. The molecule has 2 aromatic carbocycles. The molecule has 3 heterocycles. The fraction of sp³-hybridized carbons (Fsp3) is 0.296. The minimum Gasteiger partial charge on any atom is -0.497 e. The first kappa shape index (κ1) is 23.1. The van der Waals surface area contributed by atoms with Gasteiger partial charge in [0.25, 0.3) is 5.91 Å². The molecule has 1 saturated heterocycles. The molecule has 5 rings (SSSR count). The molecule has 1 fully saturated rings. The van der Waals surface area contributed by atoms with Crippen LogP contribution in [-0.4, -0.2) is 46.9 Å².